The van der Waals surface area contributed by atoms with Crippen molar-refractivity contribution in [3.8, 4) is 0 Å². The molecule has 0 unspecified atom stereocenters. The van der Waals surface area contributed by atoms with Crippen LogP contribution < -0.4 is 5.32 Å². The van der Waals surface area contributed by atoms with E-state index in [1.165, 1.54) is 43.4 Å². The molecule has 1 N–H and O–H groups in total. The summed E-state index contributed by atoms with van der Waals surface area (Å²) in [7, 11) is 2.82. The lowest BCUT2D eigenvalue weighted by Crippen LogP contribution is -2.38. The first-order valence-corrected chi connectivity index (χ1v) is 6.44. The molecule has 0 aromatic heterocycles. The van der Waals surface area contributed by atoms with Crippen LogP contribution in [0.1, 0.15) is 6.42 Å². The maximum Gasteiger partial charge on any atom is 0.321 e. The van der Waals surface area contributed by atoms with E-state index in [1.54, 1.807) is 0 Å². The fourth-order valence-corrected chi connectivity index (χ4v) is 1.58. The van der Waals surface area contributed by atoms with Crippen molar-refractivity contribution in [2.24, 2.45) is 0 Å². The molecule has 1 aromatic carbocycles. The highest BCUT2D eigenvalue weighted by Gasteiger charge is 2.15. The number of amides is 2. The minimum absolute atomic E-state index is 0.0943. The minimum atomic E-state index is -0.396. The Bertz CT molecular complexity index is 465. The number of rotatable bonds is 7. The van der Waals surface area contributed by atoms with Crippen LogP contribution in [0.15, 0.2) is 24.3 Å². The van der Waals surface area contributed by atoms with E-state index in [0.717, 1.165) is 0 Å². The molecule has 0 aliphatic heterocycles. The zero-order chi connectivity index (χ0) is 15.7. The molecule has 1 rings (SSSR count). The van der Waals surface area contributed by atoms with Gasteiger partial charge in [0.2, 0.25) is 0 Å². The summed E-state index contributed by atoms with van der Waals surface area (Å²) < 4.78 is 22.3. The minimum Gasteiger partial charge on any atom is -0.469 e. The topological polar surface area (TPSA) is 67.9 Å². The van der Waals surface area contributed by atoms with Crippen molar-refractivity contribution in [1.82, 2.24) is 4.90 Å². The van der Waals surface area contributed by atoms with Gasteiger partial charge in [-0.05, 0) is 24.3 Å². The SMILES string of the molecule is COCCN(CCC(=O)OC)C(=O)Nc1ccc(F)cc1. The Morgan fingerprint density at radius 2 is 1.86 bits per heavy atom. The molecule has 2 amide bonds. The van der Waals surface area contributed by atoms with Crippen LogP contribution in [0.25, 0.3) is 0 Å². The first-order valence-electron chi connectivity index (χ1n) is 6.44. The lowest BCUT2D eigenvalue weighted by atomic mass is 10.3. The molecule has 0 bridgehead atoms. The van der Waals surface area contributed by atoms with Gasteiger partial charge in [0.15, 0.2) is 0 Å². The number of anilines is 1. The van der Waals surface area contributed by atoms with Gasteiger partial charge in [-0.3, -0.25) is 4.79 Å². The molecule has 6 nitrogen and oxygen atoms in total. The van der Waals surface area contributed by atoms with Crippen LogP contribution >= 0.6 is 0 Å². The van der Waals surface area contributed by atoms with Gasteiger partial charge in [0, 0.05) is 25.9 Å². The number of esters is 1. The van der Waals surface area contributed by atoms with Crippen molar-refractivity contribution in [2.45, 2.75) is 6.42 Å². The maximum absolute atomic E-state index is 12.8. The largest absolute Gasteiger partial charge is 0.469 e. The average Bonchev–Trinajstić information content (AvgIpc) is 2.49. The first kappa shape index (κ1) is 16.9. The lowest BCUT2D eigenvalue weighted by Gasteiger charge is -2.22. The van der Waals surface area contributed by atoms with Crippen LogP contribution in [0, 0.1) is 5.82 Å². The molecule has 1 aromatic rings. The van der Waals surface area contributed by atoms with Crippen LogP contribution in [0.2, 0.25) is 0 Å². The standard InChI is InChI=1S/C14H19FN2O4/c1-20-10-9-17(8-7-13(18)21-2)14(19)16-12-5-3-11(15)4-6-12/h3-6H,7-10H2,1-2H3,(H,16,19). The van der Waals surface area contributed by atoms with E-state index in [2.05, 4.69) is 10.1 Å². The summed E-state index contributed by atoms with van der Waals surface area (Å²) in [6, 6.07) is 5.04. The number of nitrogens with one attached hydrogen (secondary N) is 1. The van der Waals surface area contributed by atoms with Gasteiger partial charge in [-0.25, -0.2) is 9.18 Å². The summed E-state index contributed by atoms with van der Waals surface area (Å²) in [4.78, 5) is 24.7. The summed E-state index contributed by atoms with van der Waals surface area (Å²) in [6.45, 7) is 0.890. The number of halogens is 1. The van der Waals surface area contributed by atoms with Crippen LogP contribution in [0.5, 0.6) is 0 Å². The second kappa shape index (κ2) is 8.91. The van der Waals surface area contributed by atoms with Gasteiger partial charge < -0.3 is 19.7 Å². The normalized spacial score (nSPS) is 10.0. The second-order valence-corrected chi connectivity index (χ2v) is 4.24. The fraction of sp³-hybridized carbons (Fsp3) is 0.429. The average molecular weight is 298 g/mol. The van der Waals surface area contributed by atoms with E-state index in [9.17, 15) is 14.0 Å². The zero-order valence-electron chi connectivity index (χ0n) is 12.1. The number of benzene rings is 1. The number of ether oxygens (including phenoxy) is 2. The molecule has 0 spiro atoms. The molecular weight excluding hydrogens is 279 g/mol. The smallest absolute Gasteiger partial charge is 0.321 e. The molecule has 0 saturated heterocycles. The highest BCUT2D eigenvalue weighted by Crippen LogP contribution is 2.09. The molecule has 0 atom stereocenters. The van der Waals surface area contributed by atoms with Gasteiger partial charge in [-0.1, -0.05) is 0 Å². The van der Waals surface area contributed by atoms with E-state index >= 15 is 0 Å². The van der Waals surface area contributed by atoms with E-state index < -0.39 is 5.97 Å². The van der Waals surface area contributed by atoms with E-state index in [0.29, 0.717) is 18.8 Å². The molecule has 0 aliphatic rings. The molecule has 0 radical (unpaired) electrons. The number of carbonyl (C=O) groups excluding carboxylic acids is 2. The monoisotopic (exact) mass is 298 g/mol. The van der Waals surface area contributed by atoms with Gasteiger partial charge in [-0.15, -0.1) is 0 Å². The van der Waals surface area contributed by atoms with Crippen LogP contribution in [-0.4, -0.2) is 50.8 Å². The number of nitrogens with zero attached hydrogens (tertiary/aromatic N) is 1. The Morgan fingerprint density at radius 3 is 2.43 bits per heavy atom. The molecule has 0 aliphatic carbocycles. The number of hydrogen-bond acceptors (Lipinski definition) is 4. The second-order valence-electron chi connectivity index (χ2n) is 4.24. The fourth-order valence-electron chi connectivity index (χ4n) is 1.58. The predicted molar refractivity (Wildman–Crippen MR) is 75.5 cm³/mol. The van der Waals surface area contributed by atoms with Crippen molar-refractivity contribution in [3.63, 3.8) is 0 Å². The number of methoxy groups -OCH3 is 2. The van der Waals surface area contributed by atoms with E-state index in [-0.39, 0.29) is 24.8 Å². The maximum atomic E-state index is 12.8. The number of urea groups is 1. The Balaban J connectivity index is 2.60. The van der Waals surface area contributed by atoms with E-state index in [1.807, 2.05) is 0 Å². The number of hydrogen-bond donors (Lipinski definition) is 1. The Kier molecular flexibility index (Phi) is 7.17. The van der Waals surface area contributed by atoms with Crippen molar-refractivity contribution in [1.29, 1.82) is 0 Å². The summed E-state index contributed by atoms with van der Waals surface area (Å²) in [6.07, 6.45) is 0.0943. The van der Waals surface area contributed by atoms with Gasteiger partial charge in [0.05, 0.1) is 20.1 Å². The molecule has 0 fully saturated rings. The summed E-state index contributed by atoms with van der Waals surface area (Å²) in [5, 5.41) is 2.63. The quantitative estimate of drug-likeness (QED) is 0.780. The van der Waals surface area contributed by atoms with Gasteiger partial charge in [-0.2, -0.15) is 0 Å². The molecule has 0 heterocycles. The molecule has 21 heavy (non-hydrogen) atoms. The van der Waals surface area contributed by atoms with E-state index in [4.69, 9.17) is 4.74 Å². The van der Waals surface area contributed by atoms with Gasteiger partial charge in [0.25, 0.3) is 0 Å². The van der Waals surface area contributed by atoms with Crippen LogP contribution in [0.4, 0.5) is 14.9 Å². The summed E-state index contributed by atoms with van der Waals surface area (Å²) in [5.41, 5.74) is 0.474. The Hall–Kier alpha value is -2.15. The third-order valence-electron chi connectivity index (χ3n) is 2.76. The summed E-state index contributed by atoms with van der Waals surface area (Å²) in [5.74, 6) is -0.776. The van der Waals surface area contributed by atoms with Crippen molar-refractivity contribution in [3.05, 3.63) is 30.1 Å². The molecule has 7 heteroatoms. The Labute approximate surface area is 122 Å². The highest BCUT2D eigenvalue weighted by atomic mass is 19.1. The lowest BCUT2D eigenvalue weighted by molar-refractivity contribution is -0.140. The third-order valence-corrected chi connectivity index (χ3v) is 2.76. The number of carbonyl (C=O) groups is 2. The molecular formula is C14H19FN2O4. The molecule has 0 saturated carbocycles. The zero-order valence-corrected chi connectivity index (χ0v) is 12.1. The highest BCUT2D eigenvalue weighted by molar-refractivity contribution is 5.89. The van der Waals surface area contributed by atoms with Crippen LogP contribution in [0.3, 0.4) is 0 Å². The van der Waals surface area contributed by atoms with Crippen molar-refractivity contribution < 1.29 is 23.5 Å². The predicted octanol–water partition coefficient (Wildman–Crippen LogP) is 1.87. The Morgan fingerprint density at radius 1 is 1.19 bits per heavy atom. The van der Waals surface area contributed by atoms with Crippen LogP contribution in [-0.2, 0) is 14.3 Å². The molecule has 116 valence electrons. The summed E-state index contributed by atoms with van der Waals surface area (Å²) >= 11 is 0. The van der Waals surface area contributed by atoms with Gasteiger partial charge >= 0.3 is 12.0 Å². The van der Waals surface area contributed by atoms with Crippen molar-refractivity contribution in [2.75, 3.05) is 39.2 Å². The third kappa shape index (κ3) is 6.22. The van der Waals surface area contributed by atoms with Crippen molar-refractivity contribution >= 4 is 17.7 Å². The van der Waals surface area contributed by atoms with Gasteiger partial charge in [0.1, 0.15) is 5.82 Å². The first-order chi connectivity index (χ1) is 10.1.